The Labute approximate surface area is 85.2 Å². The van der Waals surface area contributed by atoms with Crippen LogP contribution in [0.25, 0.3) is 0 Å². The highest BCUT2D eigenvalue weighted by atomic mass is 14.9. The van der Waals surface area contributed by atoms with E-state index in [0.717, 1.165) is 11.4 Å². The summed E-state index contributed by atoms with van der Waals surface area (Å²) >= 11 is 0. The quantitative estimate of drug-likeness (QED) is 0.695. The van der Waals surface area contributed by atoms with E-state index in [1.165, 1.54) is 5.46 Å². The van der Waals surface area contributed by atoms with Crippen LogP contribution in [-0.2, 0) is 0 Å². The van der Waals surface area contributed by atoms with E-state index in [4.69, 9.17) is 0 Å². The van der Waals surface area contributed by atoms with Crippen LogP contribution >= 0.6 is 0 Å². The average molecular weight is 181 g/mol. The molecule has 0 saturated carbocycles. The van der Waals surface area contributed by atoms with Crippen molar-refractivity contribution in [1.29, 1.82) is 0 Å². The van der Waals surface area contributed by atoms with Crippen molar-refractivity contribution in [1.82, 2.24) is 0 Å². The molecule has 68 valence electrons. The van der Waals surface area contributed by atoms with E-state index in [0.29, 0.717) is 0 Å². The summed E-state index contributed by atoms with van der Waals surface area (Å²) in [5.74, 6) is 0. The van der Waals surface area contributed by atoms with Crippen molar-refractivity contribution < 1.29 is 0 Å². The van der Waals surface area contributed by atoms with E-state index in [1.807, 2.05) is 18.2 Å². The highest BCUT2D eigenvalue weighted by molar-refractivity contribution is 6.32. The van der Waals surface area contributed by atoms with Gasteiger partial charge in [0, 0.05) is 11.4 Å². The molecule has 0 spiro atoms. The summed E-state index contributed by atoms with van der Waals surface area (Å²) in [5, 5.41) is 3.33. The molecule has 0 saturated heterocycles. The summed E-state index contributed by atoms with van der Waals surface area (Å²) < 4.78 is 0. The van der Waals surface area contributed by atoms with Gasteiger partial charge in [-0.05, 0) is 24.3 Å². The van der Waals surface area contributed by atoms with Gasteiger partial charge in [-0.2, -0.15) is 0 Å². The zero-order valence-electron chi connectivity index (χ0n) is 8.20. The molecule has 0 aromatic heterocycles. The average Bonchev–Trinajstić information content (AvgIpc) is 2.23. The minimum atomic E-state index is 1.12. The van der Waals surface area contributed by atoms with Gasteiger partial charge in [0.05, 0.1) is 0 Å². The first-order chi connectivity index (χ1) is 6.84. The molecule has 1 N–H and O–H groups in total. The molecule has 0 aliphatic carbocycles. The monoisotopic (exact) mass is 181 g/mol. The maximum Gasteiger partial charge on any atom is 0.139 e. The molecule has 0 aliphatic heterocycles. The number of hydrogen-bond acceptors (Lipinski definition) is 1. The number of para-hydroxylation sites is 1. The second-order valence-electron chi connectivity index (χ2n) is 3.36. The van der Waals surface area contributed by atoms with Crippen LogP contribution in [0, 0.1) is 0 Å². The van der Waals surface area contributed by atoms with Crippen LogP contribution in [0.1, 0.15) is 0 Å². The molecule has 0 aliphatic rings. The van der Waals surface area contributed by atoms with Crippen molar-refractivity contribution in [2.75, 3.05) is 5.32 Å². The van der Waals surface area contributed by atoms with Crippen LogP contribution < -0.4 is 10.8 Å². The van der Waals surface area contributed by atoms with E-state index in [2.05, 4.69) is 49.6 Å². The second kappa shape index (κ2) is 4.01. The fourth-order valence-electron chi connectivity index (χ4n) is 1.33. The van der Waals surface area contributed by atoms with Crippen molar-refractivity contribution in [3.63, 3.8) is 0 Å². The summed E-state index contributed by atoms with van der Waals surface area (Å²) in [6.45, 7) is 0. The third-order valence-corrected chi connectivity index (χ3v) is 2.11. The van der Waals surface area contributed by atoms with Gasteiger partial charge in [0.15, 0.2) is 0 Å². The van der Waals surface area contributed by atoms with Crippen LogP contribution in [0.3, 0.4) is 0 Å². The van der Waals surface area contributed by atoms with Gasteiger partial charge in [0.1, 0.15) is 7.85 Å². The van der Waals surface area contributed by atoms with Crippen molar-refractivity contribution in [2.24, 2.45) is 0 Å². The van der Waals surface area contributed by atoms with Crippen LogP contribution in [0.5, 0.6) is 0 Å². The van der Waals surface area contributed by atoms with Crippen molar-refractivity contribution in [3.8, 4) is 0 Å². The topological polar surface area (TPSA) is 12.0 Å². The molecule has 2 aromatic rings. The predicted octanol–water partition coefficient (Wildman–Crippen LogP) is 1.69. The summed E-state index contributed by atoms with van der Waals surface area (Å²) in [5.41, 5.74) is 3.53. The van der Waals surface area contributed by atoms with E-state index in [1.54, 1.807) is 0 Å². The molecular weight excluding hydrogens is 169 g/mol. The maximum atomic E-state index is 3.33. The van der Waals surface area contributed by atoms with Crippen molar-refractivity contribution in [2.45, 2.75) is 0 Å². The number of rotatable bonds is 2. The lowest BCUT2D eigenvalue weighted by molar-refractivity contribution is 1.56. The van der Waals surface area contributed by atoms with Gasteiger partial charge in [-0.1, -0.05) is 35.8 Å². The van der Waals surface area contributed by atoms with Gasteiger partial charge >= 0.3 is 0 Å². The Morgan fingerprint density at radius 3 is 1.93 bits per heavy atom. The zero-order valence-corrected chi connectivity index (χ0v) is 8.20. The van der Waals surface area contributed by atoms with E-state index in [-0.39, 0.29) is 0 Å². The molecule has 0 atom stereocenters. The van der Waals surface area contributed by atoms with Crippen LogP contribution in [0.2, 0.25) is 0 Å². The smallest absolute Gasteiger partial charge is 0.139 e. The number of hydrogen-bond donors (Lipinski definition) is 1. The lowest BCUT2D eigenvalue weighted by Gasteiger charge is -2.05. The maximum absolute atomic E-state index is 3.33. The molecule has 14 heavy (non-hydrogen) atoms. The van der Waals surface area contributed by atoms with Gasteiger partial charge in [-0.3, -0.25) is 0 Å². The van der Waals surface area contributed by atoms with Gasteiger partial charge in [0.25, 0.3) is 0 Å². The Bertz CT molecular complexity index is 394. The first kappa shape index (κ1) is 8.88. The van der Waals surface area contributed by atoms with Crippen LogP contribution in [0.15, 0.2) is 54.6 Å². The lowest BCUT2D eigenvalue weighted by Crippen LogP contribution is -2.00. The summed E-state index contributed by atoms with van der Waals surface area (Å²) in [4.78, 5) is 0. The fraction of sp³-hybridized carbons (Fsp3) is 0. The predicted molar refractivity (Wildman–Crippen MR) is 64.3 cm³/mol. The largest absolute Gasteiger partial charge is 0.356 e. The SMILES string of the molecule is Bc1ccc(Nc2ccccc2)cc1. The first-order valence-corrected chi connectivity index (χ1v) is 4.73. The number of nitrogens with one attached hydrogen (secondary N) is 1. The Kier molecular flexibility index (Phi) is 2.54. The van der Waals surface area contributed by atoms with Crippen molar-refractivity contribution >= 4 is 24.7 Å². The minimum Gasteiger partial charge on any atom is -0.356 e. The lowest BCUT2D eigenvalue weighted by atomic mass is 9.96. The zero-order chi connectivity index (χ0) is 9.80. The normalized spacial score (nSPS) is 9.71. The summed E-state index contributed by atoms with van der Waals surface area (Å²) in [7, 11) is 2.09. The molecule has 0 radical (unpaired) electrons. The summed E-state index contributed by atoms with van der Waals surface area (Å²) in [6, 6.07) is 18.5. The van der Waals surface area contributed by atoms with Gasteiger partial charge < -0.3 is 5.32 Å². The molecule has 0 fully saturated rings. The standard InChI is InChI=1S/C12H12BN/c13-10-6-8-12(9-7-10)14-11-4-2-1-3-5-11/h1-9,14H,13H2. The molecule has 0 amide bonds. The Morgan fingerprint density at radius 1 is 0.714 bits per heavy atom. The molecule has 0 heterocycles. The van der Waals surface area contributed by atoms with E-state index < -0.39 is 0 Å². The van der Waals surface area contributed by atoms with Crippen LogP contribution in [-0.4, -0.2) is 7.85 Å². The molecule has 0 bridgehead atoms. The van der Waals surface area contributed by atoms with E-state index >= 15 is 0 Å². The third-order valence-electron chi connectivity index (χ3n) is 2.11. The van der Waals surface area contributed by atoms with Gasteiger partial charge in [0.2, 0.25) is 0 Å². The minimum absolute atomic E-state index is 1.12. The molecule has 0 unspecified atom stereocenters. The third kappa shape index (κ3) is 2.16. The highest BCUT2D eigenvalue weighted by Crippen LogP contribution is 2.13. The van der Waals surface area contributed by atoms with Gasteiger partial charge in [-0.15, -0.1) is 0 Å². The number of benzene rings is 2. The highest BCUT2D eigenvalue weighted by Gasteiger charge is 1.91. The van der Waals surface area contributed by atoms with Gasteiger partial charge in [-0.25, -0.2) is 0 Å². The molecular formula is C12H12BN. The second-order valence-corrected chi connectivity index (χ2v) is 3.36. The first-order valence-electron chi connectivity index (χ1n) is 4.73. The van der Waals surface area contributed by atoms with Crippen LogP contribution in [0.4, 0.5) is 11.4 Å². The molecule has 2 aromatic carbocycles. The fourth-order valence-corrected chi connectivity index (χ4v) is 1.33. The van der Waals surface area contributed by atoms with E-state index in [9.17, 15) is 0 Å². The molecule has 2 heteroatoms. The van der Waals surface area contributed by atoms with Crippen molar-refractivity contribution in [3.05, 3.63) is 54.6 Å². The molecule has 1 nitrogen and oxygen atoms in total. The number of anilines is 2. The summed E-state index contributed by atoms with van der Waals surface area (Å²) in [6.07, 6.45) is 0. The Morgan fingerprint density at radius 2 is 1.29 bits per heavy atom. The Balaban J connectivity index is 2.16. The molecule has 2 rings (SSSR count). The Hall–Kier alpha value is -1.70.